The lowest BCUT2D eigenvalue weighted by atomic mass is 11.3. The second kappa shape index (κ2) is 80.6. The largest absolute Gasteiger partial charge is 0.394 e. The minimum absolute atomic E-state index is 3.00. The summed E-state index contributed by atoms with van der Waals surface area (Å²) < 4.78 is 31.6. The van der Waals surface area contributed by atoms with E-state index in [4.69, 9.17) is 17.5 Å². The van der Waals surface area contributed by atoms with Crippen LogP contribution in [-0.4, -0.2) is 17.5 Å². The normalized spacial score (nSPS) is 5.20. The second-order valence-corrected chi connectivity index (χ2v) is 1.34. The van der Waals surface area contributed by atoms with Crippen LogP contribution in [0.15, 0.2) is 65.8 Å². The van der Waals surface area contributed by atoms with Gasteiger partial charge in [-0.05, 0) is 0 Å². The number of hydrogen-bond donors (Lipinski definition) is 2. The van der Waals surface area contributed by atoms with Crippen LogP contribution in [0.1, 0.15) is 0 Å². The van der Waals surface area contributed by atoms with Gasteiger partial charge in [0.1, 0.15) is 0 Å². The van der Waals surface area contributed by atoms with Gasteiger partial charge in [-0.3, -0.25) is 9.11 Å². The molecule has 0 unspecified atom stereocenters. The Morgan fingerprint density at radius 3 is 0.533 bits per heavy atom. The topological polar surface area (TPSA) is 74.6 Å². The Hall–Kier alpha value is -1.43. The molecule has 92 valence electrons. The van der Waals surface area contributed by atoms with E-state index in [-0.39, 0.29) is 0 Å². The smallest absolute Gasteiger partial charge is 0.264 e. The highest BCUT2D eigenvalue weighted by molar-refractivity contribution is 7.79. The summed E-state index contributed by atoms with van der Waals surface area (Å²) >= 11 is 0. The SMILES string of the molecule is C=C.C=C.C=C.C=C.C=C.O=S(=O)(O)O. The summed E-state index contributed by atoms with van der Waals surface area (Å²) in [6.07, 6.45) is 0. The minimum atomic E-state index is -4.67. The molecule has 0 radical (unpaired) electrons. The summed E-state index contributed by atoms with van der Waals surface area (Å²) in [7, 11) is -4.67. The number of hydrogen-bond acceptors (Lipinski definition) is 2. The Morgan fingerprint density at radius 2 is 0.533 bits per heavy atom. The molecule has 0 aromatic heterocycles. The van der Waals surface area contributed by atoms with Crippen molar-refractivity contribution in [3.05, 3.63) is 65.8 Å². The first-order valence-electron chi connectivity index (χ1n) is 3.20. The van der Waals surface area contributed by atoms with Crippen molar-refractivity contribution in [3.8, 4) is 0 Å². The van der Waals surface area contributed by atoms with Crippen LogP contribution in [0.25, 0.3) is 0 Å². The standard InChI is InChI=1S/5C2H4.H2O4S/c5*1-2;1-5(2,3)4/h5*1-2H2;(H2,1,2,3,4). The highest BCUT2D eigenvalue weighted by Crippen LogP contribution is 1.59. The van der Waals surface area contributed by atoms with Gasteiger partial charge in [0, 0.05) is 0 Å². The van der Waals surface area contributed by atoms with Crippen molar-refractivity contribution in [2.24, 2.45) is 0 Å². The summed E-state index contributed by atoms with van der Waals surface area (Å²) in [5, 5.41) is 0. The van der Waals surface area contributed by atoms with Crippen LogP contribution < -0.4 is 0 Å². The molecule has 0 atom stereocenters. The van der Waals surface area contributed by atoms with Gasteiger partial charge in [-0.1, -0.05) is 0 Å². The Morgan fingerprint density at radius 1 is 0.533 bits per heavy atom. The average Bonchev–Trinajstić information content (AvgIpc) is 2.29. The van der Waals surface area contributed by atoms with Crippen LogP contribution in [0, 0.1) is 0 Å². The third kappa shape index (κ3) is 687. The maximum Gasteiger partial charge on any atom is 0.394 e. The van der Waals surface area contributed by atoms with Crippen LogP contribution in [-0.2, 0) is 10.4 Å². The fraction of sp³-hybridized carbons (Fsp3) is 0. The van der Waals surface area contributed by atoms with E-state index >= 15 is 0 Å². The predicted molar refractivity (Wildman–Crippen MR) is 70.4 cm³/mol. The quantitative estimate of drug-likeness (QED) is 0.501. The molecule has 4 nitrogen and oxygen atoms in total. The van der Waals surface area contributed by atoms with E-state index in [9.17, 15) is 0 Å². The Labute approximate surface area is 94.2 Å². The summed E-state index contributed by atoms with van der Waals surface area (Å²) in [4.78, 5) is 0. The van der Waals surface area contributed by atoms with Gasteiger partial charge >= 0.3 is 10.4 Å². The lowest BCUT2D eigenvalue weighted by Crippen LogP contribution is -1.89. The number of rotatable bonds is 0. The van der Waals surface area contributed by atoms with E-state index in [2.05, 4.69) is 65.8 Å². The molecule has 0 spiro atoms. The highest BCUT2D eigenvalue weighted by Gasteiger charge is 1.84. The van der Waals surface area contributed by atoms with Crippen molar-refractivity contribution in [1.82, 2.24) is 0 Å². The molecule has 0 heterocycles. The maximum absolute atomic E-state index is 8.74. The summed E-state index contributed by atoms with van der Waals surface area (Å²) in [6.45, 7) is 30.0. The first-order valence-corrected chi connectivity index (χ1v) is 4.60. The molecular formula is C10H22O4S. The third-order valence-electron chi connectivity index (χ3n) is 0. The molecule has 0 saturated carbocycles. The van der Waals surface area contributed by atoms with Crippen LogP contribution in [0.5, 0.6) is 0 Å². The van der Waals surface area contributed by atoms with E-state index in [1.165, 1.54) is 0 Å². The molecule has 0 aliphatic rings. The van der Waals surface area contributed by atoms with Gasteiger partial charge in [0.15, 0.2) is 0 Å². The van der Waals surface area contributed by atoms with Crippen molar-refractivity contribution < 1.29 is 17.5 Å². The predicted octanol–water partition coefficient (Wildman–Crippen LogP) is 3.36. The molecule has 0 rings (SSSR count). The van der Waals surface area contributed by atoms with E-state index in [0.717, 1.165) is 0 Å². The monoisotopic (exact) mass is 238 g/mol. The lowest BCUT2D eigenvalue weighted by molar-refractivity contribution is 0.381. The molecular weight excluding hydrogens is 216 g/mol. The zero-order valence-electron chi connectivity index (χ0n) is 9.19. The van der Waals surface area contributed by atoms with Gasteiger partial charge in [-0.25, -0.2) is 0 Å². The Kier molecular flexibility index (Phi) is 201. The summed E-state index contributed by atoms with van der Waals surface area (Å²) in [5.74, 6) is 0. The fourth-order valence-electron chi connectivity index (χ4n) is 0. The Balaban J connectivity index is -0.0000000177. The molecule has 0 aromatic rings. The van der Waals surface area contributed by atoms with Crippen molar-refractivity contribution in [2.75, 3.05) is 0 Å². The van der Waals surface area contributed by atoms with E-state index in [1.54, 1.807) is 0 Å². The first-order chi connectivity index (χ1) is 7.00. The highest BCUT2D eigenvalue weighted by atomic mass is 32.3. The van der Waals surface area contributed by atoms with Crippen molar-refractivity contribution >= 4 is 10.4 Å². The van der Waals surface area contributed by atoms with Gasteiger partial charge in [-0.2, -0.15) is 8.42 Å². The van der Waals surface area contributed by atoms with Crippen LogP contribution in [0.4, 0.5) is 0 Å². The molecule has 0 saturated heterocycles. The third-order valence-corrected chi connectivity index (χ3v) is 0. The molecule has 0 fully saturated rings. The van der Waals surface area contributed by atoms with Crippen molar-refractivity contribution in [1.29, 1.82) is 0 Å². The zero-order chi connectivity index (χ0) is 14.5. The molecule has 5 heteroatoms. The van der Waals surface area contributed by atoms with Crippen molar-refractivity contribution in [3.63, 3.8) is 0 Å². The molecule has 0 amide bonds. The van der Waals surface area contributed by atoms with Gasteiger partial charge in [0.25, 0.3) is 0 Å². The van der Waals surface area contributed by atoms with Crippen LogP contribution in [0.2, 0.25) is 0 Å². The molecule has 15 heavy (non-hydrogen) atoms. The minimum Gasteiger partial charge on any atom is -0.264 e. The Bertz CT molecular complexity index is 145. The molecule has 0 bridgehead atoms. The maximum atomic E-state index is 8.74. The first kappa shape index (κ1) is 37.4. The lowest BCUT2D eigenvalue weighted by Gasteiger charge is -1.68. The molecule has 0 aliphatic carbocycles. The summed E-state index contributed by atoms with van der Waals surface area (Å²) in [5.41, 5.74) is 0. The van der Waals surface area contributed by atoms with Crippen LogP contribution >= 0.6 is 0 Å². The van der Waals surface area contributed by atoms with Gasteiger partial charge in [-0.15, -0.1) is 65.8 Å². The average molecular weight is 238 g/mol. The molecule has 0 aliphatic heterocycles. The van der Waals surface area contributed by atoms with E-state index in [1.807, 2.05) is 0 Å². The van der Waals surface area contributed by atoms with E-state index < -0.39 is 10.4 Å². The summed E-state index contributed by atoms with van der Waals surface area (Å²) in [6, 6.07) is 0. The van der Waals surface area contributed by atoms with Gasteiger partial charge < -0.3 is 0 Å². The molecule has 2 N–H and O–H groups in total. The van der Waals surface area contributed by atoms with Crippen molar-refractivity contribution in [2.45, 2.75) is 0 Å². The second-order valence-electron chi connectivity index (χ2n) is 0.448. The van der Waals surface area contributed by atoms with Crippen LogP contribution in [0.3, 0.4) is 0 Å². The zero-order valence-corrected chi connectivity index (χ0v) is 10.0. The van der Waals surface area contributed by atoms with Gasteiger partial charge in [0.05, 0.1) is 0 Å². The molecule has 0 aromatic carbocycles. The fourth-order valence-corrected chi connectivity index (χ4v) is 0. The van der Waals surface area contributed by atoms with E-state index in [0.29, 0.717) is 0 Å². The van der Waals surface area contributed by atoms with Gasteiger partial charge in [0.2, 0.25) is 0 Å².